The fourth-order valence-corrected chi connectivity index (χ4v) is 6.45. The molecular formula is C29H32N2O4S. The summed E-state index contributed by atoms with van der Waals surface area (Å²) in [5.41, 5.74) is 6.12. The third kappa shape index (κ3) is 4.72. The van der Waals surface area contributed by atoms with Crippen molar-refractivity contribution in [3.8, 4) is 5.75 Å². The highest BCUT2D eigenvalue weighted by Gasteiger charge is 2.38. The topological polar surface area (TPSA) is 75.7 Å². The van der Waals surface area contributed by atoms with Crippen molar-refractivity contribution in [2.45, 2.75) is 63.5 Å². The van der Waals surface area contributed by atoms with Gasteiger partial charge in [0.05, 0.1) is 23.2 Å². The predicted molar refractivity (Wildman–Crippen MR) is 141 cm³/mol. The number of aryl methyl sites for hydroxylation is 4. The van der Waals surface area contributed by atoms with Crippen molar-refractivity contribution >= 4 is 21.6 Å². The molecule has 1 N–H and O–H groups in total. The Morgan fingerprint density at radius 3 is 2.39 bits per heavy atom. The Morgan fingerprint density at radius 1 is 0.944 bits per heavy atom. The van der Waals surface area contributed by atoms with E-state index in [1.165, 1.54) is 28.3 Å². The molecule has 36 heavy (non-hydrogen) atoms. The van der Waals surface area contributed by atoms with Gasteiger partial charge in [-0.1, -0.05) is 42.0 Å². The molecule has 7 heteroatoms. The van der Waals surface area contributed by atoms with E-state index in [1.54, 1.807) is 36.4 Å². The number of nitrogens with zero attached hydrogens (tertiary/aromatic N) is 1. The summed E-state index contributed by atoms with van der Waals surface area (Å²) < 4.78 is 34.6. The molecule has 0 saturated carbocycles. The van der Waals surface area contributed by atoms with E-state index in [-0.39, 0.29) is 23.4 Å². The van der Waals surface area contributed by atoms with Crippen LogP contribution in [0.3, 0.4) is 0 Å². The maximum Gasteiger partial charge on any atom is 0.264 e. The molecule has 188 valence electrons. The van der Waals surface area contributed by atoms with Gasteiger partial charge in [-0.25, -0.2) is 8.42 Å². The van der Waals surface area contributed by atoms with Crippen LogP contribution in [-0.4, -0.2) is 27.0 Å². The van der Waals surface area contributed by atoms with Gasteiger partial charge in [0.1, 0.15) is 5.75 Å². The van der Waals surface area contributed by atoms with Crippen molar-refractivity contribution in [1.29, 1.82) is 0 Å². The molecule has 2 aliphatic rings. The highest BCUT2D eigenvalue weighted by molar-refractivity contribution is 7.92. The quantitative estimate of drug-likeness (QED) is 0.530. The van der Waals surface area contributed by atoms with Crippen LogP contribution in [0.2, 0.25) is 0 Å². The molecule has 1 heterocycles. The van der Waals surface area contributed by atoms with Crippen LogP contribution >= 0.6 is 0 Å². The van der Waals surface area contributed by atoms with Gasteiger partial charge in [-0.15, -0.1) is 0 Å². The van der Waals surface area contributed by atoms with Crippen LogP contribution in [0, 0.1) is 13.8 Å². The second-order valence-corrected chi connectivity index (χ2v) is 11.8. The molecule has 0 unspecified atom stereocenters. The van der Waals surface area contributed by atoms with E-state index in [0.29, 0.717) is 11.4 Å². The number of rotatable bonds is 5. The first-order valence-corrected chi connectivity index (χ1v) is 14.0. The molecule has 0 bridgehead atoms. The molecule has 3 aromatic carbocycles. The second kappa shape index (κ2) is 9.62. The molecule has 0 spiro atoms. The summed E-state index contributed by atoms with van der Waals surface area (Å²) in [5.74, 6) is 0.0509. The van der Waals surface area contributed by atoms with Gasteiger partial charge in [0.25, 0.3) is 15.9 Å². The van der Waals surface area contributed by atoms with E-state index >= 15 is 0 Å². The zero-order chi connectivity index (χ0) is 25.4. The Balaban J connectivity index is 1.41. The summed E-state index contributed by atoms with van der Waals surface area (Å²) in [6, 6.07) is 18.3. The summed E-state index contributed by atoms with van der Waals surface area (Å²) in [5, 5.41) is 3.05. The lowest BCUT2D eigenvalue weighted by Gasteiger charge is -2.35. The largest absolute Gasteiger partial charge is 0.476 e. The van der Waals surface area contributed by atoms with Crippen LogP contribution in [0.4, 0.5) is 5.69 Å². The molecular weight excluding hydrogens is 472 g/mol. The highest BCUT2D eigenvalue weighted by Crippen LogP contribution is 2.38. The lowest BCUT2D eigenvalue weighted by molar-refractivity contribution is -0.128. The van der Waals surface area contributed by atoms with Crippen molar-refractivity contribution < 1.29 is 17.9 Å². The molecule has 6 nitrogen and oxygen atoms in total. The second-order valence-electron chi connectivity index (χ2n) is 9.89. The van der Waals surface area contributed by atoms with E-state index in [4.69, 9.17) is 4.74 Å². The van der Waals surface area contributed by atoms with E-state index in [2.05, 4.69) is 23.5 Å². The first-order chi connectivity index (χ1) is 17.2. The monoisotopic (exact) mass is 504 g/mol. The molecule has 0 radical (unpaired) electrons. The number of fused-ring (bicyclic) bond motifs is 2. The fraction of sp³-hybridized carbons (Fsp3) is 0.345. The summed E-state index contributed by atoms with van der Waals surface area (Å²) in [6.45, 7) is 5.66. The van der Waals surface area contributed by atoms with E-state index in [9.17, 15) is 13.2 Å². The Bertz CT molecular complexity index is 1400. The smallest absolute Gasteiger partial charge is 0.264 e. The number of hydrogen-bond acceptors (Lipinski definition) is 4. The number of amides is 1. The number of nitrogens with one attached hydrogen (secondary N) is 1. The van der Waals surface area contributed by atoms with E-state index in [0.717, 1.165) is 29.5 Å². The summed E-state index contributed by atoms with van der Waals surface area (Å²) in [6.07, 6.45) is 3.62. The number of sulfonamides is 1. The number of anilines is 1. The van der Waals surface area contributed by atoms with Gasteiger partial charge in [0.2, 0.25) is 0 Å². The Labute approximate surface area is 213 Å². The maximum atomic E-state index is 13.6. The van der Waals surface area contributed by atoms with Gasteiger partial charge in [0, 0.05) is 0 Å². The molecule has 1 amide bonds. The van der Waals surface area contributed by atoms with Gasteiger partial charge >= 0.3 is 0 Å². The molecule has 1 aliphatic heterocycles. The van der Waals surface area contributed by atoms with Crippen molar-refractivity contribution in [2.75, 3.05) is 10.8 Å². The average Bonchev–Trinajstić information content (AvgIpc) is 2.87. The maximum absolute atomic E-state index is 13.6. The van der Waals surface area contributed by atoms with Crippen molar-refractivity contribution in [2.24, 2.45) is 0 Å². The van der Waals surface area contributed by atoms with Crippen LogP contribution in [0.25, 0.3) is 0 Å². The Hall–Kier alpha value is -3.32. The third-order valence-corrected chi connectivity index (χ3v) is 8.91. The van der Waals surface area contributed by atoms with Crippen LogP contribution in [-0.2, 0) is 27.7 Å². The fourth-order valence-electron chi connectivity index (χ4n) is 4.98. The Kier molecular flexibility index (Phi) is 6.51. The molecule has 0 aromatic heterocycles. The molecule has 2 atom stereocenters. The minimum Gasteiger partial charge on any atom is -0.476 e. The molecule has 0 saturated heterocycles. The minimum absolute atomic E-state index is 0.102. The van der Waals surface area contributed by atoms with E-state index in [1.807, 2.05) is 26.8 Å². The molecule has 5 rings (SSSR count). The normalized spacial score (nSPS) is 18.0. The summed E-state index contributed by atoms with van der Waals surface area (Å²) >= 11 is 0. The first-order valence-electron chi connectivity index (χ1n) is 12.5. The molecule has 0 fully saturated rings. The zero-order valence-electron chi connectivity index (χ0n) is 21.0. The van der Waals surface area contributed by atoms with Gasteiger partial charge in [-0.3, -0.25) is 9.10 Å². The van der Waals surface area contributed by atoms with Crippen molar-refractivity contribution in [1.82, 2.24) is 5.32 Å². The first kappa shape index (κ1) is 24.4. The number of carbonyl (C=O) groups excluding carboxylic acids is 1. The van der Waals surface area contributed by atoms with Gasteiger partial charge in [-0.2, -0.15) is 0 Å². The van der Waals surface area contributed by atoms with Gasteiger partial charge in [0.15, 0.2) is 6.10 Å². The SMILES string of the molecule is Cc1ccc(S(=O)(=O)N2C[C@@H](C(=O)N[C@H](C)c3ccc4c(c3)CCCC4)Oc3cc(C)ccc32)cc1. The molecule has 3 aromatic rings. The molecule has 1 aliphatic carbocycles. The van der Waals surface area contributed by atoms with Gasteiger partial charge in [-0.05, 0) is 93.0 Å². The predicted octanol–water partition coefficient (Wildman–Crippen LogP) is 5.02. The average molecular weight is 505 g/mol. The van der Waals surface area contributed by atoms with Crippen LogP contribution in [0.1, 0.15) is 53.6 Å². The van der Waals surface area contributed by atoms with Crippen LogP contribution < -0.4 is 14.4 Å². The summed E-state index contributed by atoms with van der Waals surface area (Å²) in [7, 11) is -3.89. The van der Waals surface area contributed by atoms with Crippen LogP contribution in [0.15, 0.2) is 65.6 Å². The lowest BCUT2D eigenvalue weighted by atomic mass is 9.89. The lowest BCUT2D eigenvalue weighted by Crippen LogP contribution is -2.51. The van der Waals surface area contributed by atoms with Crippen molar-refractivity contribution in [3.05, 3.63) is 88.5 Å². The number of carbonyl (C=O) groups is 1. The van der Waals surface area contributed by atoms with Gasteiger partial charge < -0.3 is 10.1 Å². The highest BCUT2D eigenvalue weighted by atomic mass is 32.2. The minimum atomic E-state index is -3.89. The summed E-state index contributed by atoms with van der Waals surface area (Å²) in [4.78, 5) is 13.5. The standard InChI is InChI=1S/C29H32N2O4S/c1-19-8-13-25(14-9-19)36(33,34)31-18-28(35-27-16-20(2)10-15-26(27)31)29(32)30-21(3)23-12-11-22-6-4-5-7-24(22)17-23/h8-17,21,28H,4-7,18H2,1-3H3,(H,30,32)/t21-,28+/m1/s1. The number of hydrogen-bond donors (Lipinski definition) is 1. The third-order valence-electron chi connectivity index (χ3n) is 7.12. The van der Waals surface area contributed by atoms with Crippen LogP contribution in [0.5, 0.6) is 5.75 Å². The number of benzene rings is 3. The van der Waals surface area contributed by atoms with E-state index < -0.39 is 16.1 Å². The number of ether oxygens (including phenoxy) is 1. The zero-order valence-corrected chi connectivity index (χ0v) is 21.8. The van der Waals surface area contributed by atoms with Crippen molar-refractivity contribution in [3.63, 3.8) is 0 Å². The Morgan fingerprint density at radius 2 is 1.64 bits per heavy atom.